The molecule has 1 saturated heterocycles. The van der Waals surface area contributed by atoms with E-state index in [0.717, 1.165) is 6.42 Å². The molecular formula is C34H58O5Si. The first-order valence-corrected chi connectivity index (χ1v) is 19.1. The molecule has 228 valence electrons. The summed E-state index contributed by atoms with van der Waals surface area (Å²) in [5.41, 5.74) is 0.520. The van der Waals surface area contributed by atoms with Crippen LogP contribution in [0.15, 0.2) is 12.2 Å². The van der Waals surface area contributed by atoms with E-state index >= 15 is 0 Å². The summed E-state index contributed by atoms with van der Waals surface area (Å²) < 4.78 is 25.7. The van der Waals surface area contributed by atoms with Crippen molar-refractivity contribution in [3.63, 3.8) is 0 Å². The largest absolute Gasteiger partial charge is 0.466 e. The van der Waals surface area contributed by atoms with Crippen molar-refractivity contribution in [1.82, 2.24) is 0 Å². The molecule has 0 amide bonds. The van der Waals surface area contributed by atoms with Crippen molar-refractivity contribution >= 4 is 14.3 Å². The number of fused-ring (bicyclic) bond motifs is 8. The van der Waals surface area contributed by atoms with Gasteiger partial charge in [-0.15, -0.1) is 0 Å². The number of rotatable bonds is 5. The molecular weight excluding hydrogens is 516 g/mol. The second-order valence-electron chi connectivity index (χ2n) is 16.7. The minimum Gasteiger partial charge on any atom is -0.466 e. The minimum absolute atomic E-state index is 0.144. The second kappa shape index (κ2) is 10.2. The Morgan fingerprint density at radius 3 is 2.20 bits per heavy atom. The molecule has 5 nitrogen and oxygen atoms in total. The topological polar surface area (TPSA) is 54.0 Å². The summed E-state index contributed by atoms with van der Waals surface area (Å²) in [6.45, 7) is 23.6. The fourth-order valence-corrected chi connectivity index (χ4v) is 11.6. The van der Waals surface area contributed by atoms with Gasteiger partial charge in [-0.05, 0) is 123 Å². The lowest BCUT2D eigenvalue weighted by atomic mass is 9.43. The van der Waals surface area contributed by atoms with Crippen molar-refractivity contribution in [3.8, 4) is 0 Å². The summed E-state index contributed by atoms with van der Waals surface area (Å²) in [5.74, 6) is 2.45. The molecule has 0 aromatic carbocycles. The number of carbonyl (C=O) groups is 1. The summed E-state index contributed by atoms with van der Waals surface area (Å²) in [5, 5.41) is 0.221. The molecule has 0 bridgehead atoms. The molecule has 5 fully saturated rings. The predicted molar refractivity (Wildman–Crippen MR) is 162 cm³/mol. The quantitative estimate of drug-likeness (QED) is 0.188. The minimum atomic E-state index is -1.84. The van der Waals surface area contributed by atoms with Crippen LogP contribution in [0.25, 0.3) is 0 Å². The fraction of sp³-hybridized carbons (Fsp3) is 0.912. The third-order valence-corrected chi connectivity index (χ3v) is 17.7. The van der Waals surface area contributed by atoms with Gasteiger partial charge in [0.25, 0.3) is 0 Å². The fourth-order valence-electron chi connectivity index (χ4n) is 10.2. The zero-order chi connectivity index (χ0) is 29.5. The standard InChI is InChI=1S/C34H58O5Si/c1-21(12-15-27(35)36-9)23-13-14-24-28-25(17-19-33(23,24)7)34(8)18-16-22(39-40(10,11)31(2,3)4)20-26(34)29-30(28)38-32(5,6)37-29/h12,15,21-26,28-30H,13-14,16-20H2,1-11H3/b15-12+/t21-,22+,23?,24?,25?,26?,28?,29-,30-,33-,34-/m1/s1. The van der Waals surface area contributed by atoms with Crippen LogP contribution in [0.3, 0.4) is 0 Å². The third kappa shape index (κ3) is 4.99. The highest BCUT2D eigenvalue weighted by molar-refractivity contribution is 6.74. The normalized spacial score (nSPS) is 45.4. The van der Waals surface area contributed by atoms with Crippen LogP contribution in [0, 0.1) is 46.3 Å². The van der Waals surface area contributed by atoms with Crippen LogP contribution in [0.5, 0.6) is 0 Å². The van der Waals surface area contributed by atoms with Crippen molar-refractivity contribution in [1.29, 1.82) is 0 Å². The van der Waals surface area contributed by atoms with Crippen molar-refractivity contribution < 1.29 is 23.4 Å². The third-order valence-electron chi connectivity index (χ3n) is 13.2. The first-order chi connectivity index (χ1) is 18.4. The van der Waals surface area contributed by atoms with Gasteiger partial charge in [0.2, 0.25) is 0 Å². The Bertz CT molecular complexity index is 999. The maximum absolute atomic E-state index is 11.8. The van der Waals surface area contributed by atoms with Crippen molar-refractivity contribution in [2.24, 2.45) is 46.3 Å². The Morgan fingerprint density at radius 2 is 1.55 bits per heavy atom. The number of allylic oxidation sites excluding steroid dienone is 1. The van der Waals surface area contributed by atoms with E-state index in [0.29, 0.717) is 41.6 Å². The van der Waals surface area contributed by atoms with Crippen LogP contribution >= 0.6 is 0 Å². The van der Waals surface area contributed by atoms with Crippen LogP contribution in [-0.2, 0) is 23.4 Å². The van der Waals surface area contributed by atoms with Gasteiger partial charge < -0.3 is 18.6 Å². The summed E-state index contributed by atoms with van der Waals surface area (Å²) in [6.07, 6.45) is 12.9. The number of methoxy groups -OCH3 is 1. The monoisotopic (exact) mass is 574 g/mol. The van der Waals surface area contributed by atoms with Crippen LogP contribution in [-0.4, -0.2) is 45.5 Å². The van der Waals surface area contributed by atoms with E-state index in [1.807, 2.05) is 0 Å². The Kier molecular flexibility index (Phi) is 7.84. The summed E-state index contributed by atoms with van der Waals surface area (Å²) in [6, 6.07) is 0. The summed E-state index contributed by atoms with van der Waals surface area (Å²) in [4.78, 5) is 11.8. The number of hydrogen-bond acceptors (Lipinski definition) is 5. The highest BCUT2D eigenvalue weighted by atomic mass is 28.4. The first-order valence-electron chi connectivity index (χ1n) is 16.2. The maximum Gasteiger partial charge on any atom is 0.330 e. The predicted octanol–water partition coefficient (Wildman–Crippen LogP) is 8.14. The Hall–Kier alpha value is -0.693. The molecule has 0 aromatic heterocycles. The van der Waals surface area contributed by atoms with Gasteiger partial charge in [-0.25, -0.2) is 4.79 Å². The lowest BCUT2D eigenvalue weighted by molar-refractivity contribution is -0.189. The van der Waals surface area contributed by atoms with E-state index in [4.69, 9.17) is 18.6 Å². The molecule has 0 radical (unpaired) electrons. The van der Waals surface area contributed by atoms with Crippen molar-refractivity contribution in [2.45, 2.75) is 143 Å². The van der Waals surface area contributed by atoms with E-state index in [1.54, 1.807) is 6.08 Å². The molecule has 0 aromatic rings. The molecule has 5 aliphatic rings. The lowest BCUT2D eigenvalue weighted by Crippen LogP contribution is -2.64. The van der Waals surface area contributed by atoms with Crippen LogP contribution in [0.4, 0.5) is 0 Å². The van der Waals surface area contributed by atoms with E-state index in [1.165, 1.54) is 45.6 Å². The molecule has 40 heavy (non-hydrogen) atoms. The molecule has 4 aliphatic carbocycles. The second-order valence-corrected chi connectivity index (χ2v) is 21.5. The number of esters is 1. The van der Waals surface area contributed by atoms with Crippen LogP contribution in [0.1, 0.15) is 100 Å². The average Bonchev–Trinajstić information content (AvgIpc) is 3.37. The maximum atomic E-state index is 11.8. The van der Waals surface area contributed by atoms with Crippen molar-refractivity contribution in [3.05, 3.63) is 12.2 Å². The molecule has 0 N–H and O–H groups in total. The SMILES string of the molecule is COC(=O)/C=C/[C@@H](C)C1CCC2C3C(CC[C@@]21C)[C@@]1(C)CC[C@H](O[Si](C)(C)C(C)(C)C)CC1[C@H]1OC(C)(C)O[C@H]31. The van der Waals surface area contributed by atoms with Gasteiger partial charge in [0.1, 0.15) is 0 Å². The summed E-state index contributed by atoms with van der Waals surface area (Å²) in [7, 11) is -0.384. The number of ether oxygens (including phenoxy) is 3. The molecule has 5 unspecified atom stereocenters. The van der Waals surface area contributed by atoms with Gasteiger partial charge in [-0.1, -0.05) is 47.6 Å². The van der Waals surface area contributed by atoms with Gasteiger partial charge in [-0.2, -0.15) is 0 Å². The molecule has 1 aliphatic heterocycles. The molecule has 6 heteroatoms. The van der Waals surface area contributed by atoms with Crippen molar-refractivity contribution in [2.75, 3.05) is 7.11 Å². The molecule has 4 saturated carbocycles. The van der Waals surface area contributed by atoms with Gasteiger partial charge in [0, 0.05) is 12.2 Å². The highest BCUT2D eigenvalue weighted by Gasteiger charge is 2.68. The molecule has 5 rings (SSSR count). The zero-order valence-corrected chi connectivity index (χ0v) is 28.3. The zero-order valence-electron chi connectivity index (χ0n) is 27.3. The van der Waals surface area contributed by atoms with Crippen LogP contribution in [0.2, 0.25) is 18.1 Å². The van der Waals surface area contributed by atoms with E-state index < -0.39 is 14.1 Å². The Morgan fingerprint density at radius 1 is 0.925 bits per heavy atom. The highest BCUT2D eigenvalue weighted by Crippen LogP contribution is 2.70. The lowest BCUT2D eigenvalue weighted by Gasteiger charge is -2.64. The smallest absolute Gasteiger partial charge is 0.330 e. The summed E-state index contributed by atoms with van der Waals surface area (Å²) >= 11 is 0. The van der Waals surface area contributed by atoms with Crippen LogP contribution < -0.4 is 0 Å². The Labute approximate surface area is 245 Å². The van der Waals surface area contributed by atoms with Gasteiger partial charge >= 0.3 is 5.97 Å². The Balaban J connectivity index is 1.43. The van der Waals surface area contributed by atoms with Gasteiger partial charge in [-0.3, -0.25) is 0 Å². The molecule has 0 spiro atoms. The van der Waals surface area contributed by atoms with E-state index in [9.17, 15) is 4.79 Å². The van der Waals surface area contributed by atoms with E-state index in [-0.39, 0.29) is 34.0 Å². The molecule has 1 heterocycles. The van der Waals surface area contributed by atoms with Gasteiger partial charge in [0.15, 0.2) is 14.1 Å². The average molecular weight is 575 g/mol. The number of hydrogen-bond donors (Lipinski definition) is 0. The first kappa shape index (κ1) is 30.8. The van der Waals surface area contributed by atoms with E-state index in [2.05, 4.69) is 74.6 Å². The van der Waals surface area contributed by atoms with Gasteiger partial charge in [0.05, 0.1) is 19.3 Å². The molecule has 11 atom stereocenters. The number of carbonyl (C=O) groups excluding carboxylic acids is 1.